The van der Waals surface area contributed by atoms with Crippen molar-refractivity contribution in [1.82, 2.24) is 25.2 Å². The molecule has 1 fully saturated rings. The van der Waals surface area contributed by atoms with Gasteiger partial charge in [0.15, 0.2) is 11.6 Å². The van der Waals surface area contributed by atoms with Crippen LogP contribution < -0.4 is 25.0 Å². The number of nitrogens with one attached hydrogen (secondary N) is 2. The first-order valence-corrected chi connectivity index (χ1v) is 10.9. The van der Waals surface area contributed by atoms with Gasteiger partial charge in [-0.1, -0.05) is 6.07 Å². The van der Waals surface area contributed by atoms with E-state index in [1.807, 2.05) is 47.0 Å². The summed E-state index contributed by atoms with van der Waals surface area (Å²) in [4.78, 5) is 6.73. The Morgan fingerprint density at radius 1 is 1.16 bits per heavy atom. The van der Waals surface area contributed by atoms with Crippen LogP contribution in [-0.2, 0) is 6.42 Å². The summed E-state index contributed by atoms with van der Waals surface area (Å²) in [6.45, 7) is 2.67. The summed E-state index contributed by atoms with van der Waals surface area (Å²) in [5, 5.41) is 15.5. The van der Waals surface area contributed by atoms with E-state index in [0.29, 0.717) is 6.04 Å². The lowest BCUT2D eigenvalue weighted by atomic mass is 10.2. The Bertz CT molecular complexity index is 1040. The number of guanidine groups is 1. The average Bonchev–Trinajstić information content (AvgIpc) is 3.48. The molecular weight excluding hydrogens is 406 g/mol. The molecular formula is C23H31N7O2. The van der Waals surface area contributed by atoms with Crippen molar-refractivity contribution in [3.8, 4) is 11.5 Å². The molecule has 0 radical (unpaired) electrons. The summed E-state index contributed by atoms with van der Waals surface area (Å²) in [6.07, 6.45) is 4.83. The first-order valence-electron chi connectivity index (χ1n) is 10.9. The van der Waals surface area contributed by atoms with Gasteiger partial charge in [-0.05, 0) is 25.0 Å². The molecule has 1 aliphatic heterocycles. The minimum Gasteiger partial charge on any atom is -0.497 e. The number of anilines is 1. The molecule has 0 spiro atoms. The Morgan fingerprint density at radius 2 is 1.97 bits per heavy atom. The van der Waals surface area contributed by atoms with E-state index in [1.54, 1.807) is 21.3 Å². The number of methoxy groups -OCH3 is 2. The van der Waals surface area contributed by atoms with Gasteiger partial charge in [0.25, 0.3) is 0 Å². The van der Waals surface area contributed by atoms with Crippen LogP contribution in [-0.4, -0.2) is 67.5 Å². The lowest BCUT2D eigenvalue weighted by Gasteiger charge is -2.21. The maximum atomic E-state index is 5.41. The lowest BCUT2D eigenvalue weighted by Crippen LogP contribution is -2.44. The number of benzene rings is 1. The van der Waals surface area contributed by atoms with Gasteiger partial charge in [0.1, 0.15) is 17.3 Å². The summed E-state index contributed by atoms with van der Waals surface area (Å²) >= 11 is 0. The van der Waals surface area contributed by atoms with Crippen LogP contribution in [0.2, 0.25) is 0 Å². The van der Waals surface area contributed by atoms with Gasteiger partial charge >= 0.3 is 0 Å². The molecule has 2 N–H and O–H groups in total. The second kappa shape index (κ2) is 10.2. The molecule has 0 bridgehead atoms. The number of fused-ring (bicyclic) bond motifs is 1. The highest BCUT2D eigenvalue weighted by Crippen LogP contribution is 2.30. The fourth-order valence-electron chi connectivity index (χ4n) is 3.99. The van der Waals surface area contributed by atoms with Crippen LogP contribution in [0.15, 0.2) is 47.6 Å². The van der Waals surface area contributed by atoms with Crippen LogP contribution in [0, 0.1) is 0 Å². The van der Waals surface area contributed by atoms with Crippen LogP contribution in [0.4, 0.5) is 5.69 Å². The molecule has 1 unspecified atom stereocenters. The van der Waals surface area contributed by atoms with E-state index in [2.05, 4.69) is 30.7 Å². The van der Waals surface area contributed by atoms with E-state index in [-0.39, 0.29) is 0 Å². The number of aromatic nitrogens is 3. The minimum absolute atomic E-state index is 0.318. The SMILES string of the molecule is CN=C(NCCCc1nnc2ccccn12)NC1CCN(c2cc(OC)cc(OC)c2)C1. The van der Waals surface area contributed by atoms with Crippen molar-refractivity contribution in [2.75, 3.05) is 45.8 Å². The topological polar surface area (TPSA) is 88.3 Å². The van der Waals surface area contributed by atoms with Gasteiger partial charge in [-0.25, -0.2) is 0 Å². The Hall–Kier alpha value is -3.49. The van der Waals surface area contributed by atoms with E-state index in [0.717, 1.165) is 73.5 Å². The molecule has 4 rings (SSSR count). The third-order valence-electron chi connectivity index (χ3n) is 5.71. The summed E-state index contributed by atoms with van der Waals surface area (Å²) in [5.74, 6) is 3.40. The molecule has 170 valence electrons. The Labute approximate surface area is 188 Å². The molecule has 2 aromatic heterocycles. The van der Waals surface area contributed by atoms with Crippen LogP contribution in [0.25, 0.3) is 5.65 Å². The fraction of sp³-hybridized carbons (Fsp3) is 0.435. The number of hydrogen-bond donors (Lipinski definition) is 2. The first kappa shape index (κ1) is 21.7. The maximum Gasteiger partial charge on any atom is 0.191 e. The molecule has 32 heavy (non-hydrogen) atoms. The van der Waals surface area contributed by atoms with Gasteiger partial charge in [-0.3, -0.25) is 9.39 Å². The van der Waals surface area contributed by atoms with Crippen molar-refractivity contribution in [1.29, 1.82) is 0 Å². The predicted octanol–water partition coefficient (Wildman–Crippen LogP) is 2.12. The number of aryl methyl sites for hydroxylation is 1. The number of nitrogens with zero attached hydrogens (tertiary/aromatic N) is 5. The van der Waals surface area contributed by atoms with Gasteiger partial charge in [0.2, 0.25) is 0 Å². The van der Waals surface area contributed by atoms with E-state index >= 15 is 0 Å². The molecule has 0 amide bonds. The Balaban J connectivity index is 1.25. The maximum absolute atomic E-state index is 5.41. The number of aliphatic imine (C=N–C) groups is 1. The average molecular weight is 438 g/mol. The summed E-state index contributed by atoms with van der Waals surface area (Å²) < 4.78 is 12.9. The van der Waals surface area contributed by atoms with Crippen molar-refractivity contribution >= 4 is 17.3 Å². The number of pyridine rings is 1. The third kappa shape index (κ3) is 5.04. The number of hydrogen-bond acceptors (Lipinski definition) is 6. The molecule has 0 aliphatic carbocycles. The molecule has 9 heteroatoms. The van der Waals surface area contributed by atoms with Crippen molar-refractivity contribution in [2.24, 2.45) is 4.99 Å². The van der Waals surface area contributed by atoms with Crippen molar-refractivity contribution < 1.29 is 9.47 Å². The van der Waals surface area contributed by atoms with E-state index in [9.17, 15) is 0 Å². The smallest absolute Gasteiger partial charge is 0.191 e. The number of ether oxygens (including phenoxy) is 2. The zero-order chi connectivity index (χ0) is 22.3. The monoisotopic (exact) mass is 437 g/mol. The van der Waals surface area contributed by atoms with Crippen LogP contribution in [0.1, 0.15) is 18.7 Å². The first-order chi connectivity index (χ1) is 15.7. The zero-order valence-electron chi connectivity index (χ0n) is 18.9. The van der Waals surface area contributed by atoms with Gasteiger partial charge in [0, 0.05) is 69.2 Å². The zero-order valence-corrected chi connectivity index (χ0v) is 18.9. The van der Waals surface area contributed by atoms with Crippen LogP contribution in [0.5, 0.6) is 11.5 Å². The normalized spacial score (nSPS) is 16.4. The quantitative estimate of drug-likeness (QED) is 0.317. The van der Waals surface area contributed by atoms with E-state index in [1.165, 1.54) is 0 Å². The van der Waals surface area contributed by atoms with E-state index < -0.39 is 0 Å². The Kier molecular flexibility index (Phi) is 6.94. The van der Waals surface area contributed by atoms with Gasteiger partial charge in [0.05, 0.1) is 14.2 Å². The molecule has 0 saturated carbocycles. The second-order valence-electron chi connectivity index (χ2n) is 7.79. The fourth-order valence-corrected chi connectivity index (χ4v) is 3.99. The Morgan fingerprint density at radius 3 is 2.72 bits per heavy atom. The van der Waals surface area contributed by atoms with E-state index in [4.69, 9.17) is 9.47 Å². The van der Waals surface area contributed by atoms with Crippen molar-refractivity contribution in [3.05, 3.63) is 48.4 Å². The van der Waals surface area contributed by atoms with Crippen LogP contribution >= 0.6 is 0 Å². The van der Waals surface area contributed by atoms with Crippen molar-refractivity contribution in [3.63, 3.8) is 0 Å². The highest BCUT2D eigenvalue weighted by molar-refractivity contribution is 5.80. The molecule has 1 aliphatic rings. The standard InChI is InChI=1S/C23H31N7O2/c1-24-23(25-10-6-8-22-28-27-21-7-4-5-11-30(21)22)26-17-9-12-29(16-17)18-13-19(31-2)15-20(14-18)32-3/h4-5,7,11,13-15,17H,6,8-10,12,16H2,1-3H3,(H2,24,25,26). The summed E-state index contributed by atoms with van der Waals surface area (Å²) in [6, 6.07) is 12.2. The molecule has 3 heterocycles. The highest BCUT2D eigenvalue weighted by atomic mass is 16.5. The van der Waals surface area contributed by atoms with Gasteiger partial charge < -0.3 is 25.0 Å². The molecule has 1 aromatic carbocycles. The van der Waals surface area contributed by atoms with Gasteiger partial charge in [-0.2, -0.15) is 0 Å². The van der Waals surface area contributed by atoms with Crippen molar-refractivity contribution in [2.45, 2.75) is 25.3 Å². The third-order valence-corrected chi connectivity index (χ3v) is 5.71. The second-order valence-corrected chi connectivity index (χ2v) is 7.79. The molecule has 1 saturated heterocycles. The minimum atomic E-state index is 0.318. The predicted molar refractivity (Wildman–Crippen MR) is 126 cm³/mol. The summed E-state index contributed by atoms with van der Waals surface area (Å²) in [5.41, 5.74) is 1.99. The largest absolute Gasteiger partial charge is 0.497 e. The summed E-state index contributed by atoms with van der Waals surface area (Å²) in [7, 11) is 5.16. The van der Waals surface area contributed by atoms with Gasteiger partial charge in [-0.15, -0.1) is 10.2 Å². The molecule has 1 atom stereocenters. The lowest BCUT2D eigenvalue weighted by molar-refractivity contribution is 0.394. The number of rotatable bonds is 8. The molecule has 3 aromatic rings. The highest BCUT2D eigenvalue weighted by Gasteiger charge is 2.24. The van der Waals surface area contributed by atoms with Crippen LogP contribution in [0.3, 0.4) is 0 Å². The molecule has 9 nitrogen and oxygen atoms in total.